The Labute approximate surface area is 105 Å². The van der Waals surface area contributed by atoms with E-state index in [4.69, 9.17) is 18.0 Å². The number of hydrogen-bond acceptors (Lipinski definition) is 3. The highest BCUT2D eigenvalue weighted by Gasteiger charge is 2.27. The first kappa shape index (κ1) is 11.9. The van der Waals surface area contributed by atoms with Crippen LogP contribution in [0.3, 0.4) is 0 Å². The van der Waals surface area contributed by atoms with Crippen molar-refractivity contribution in [1.29, 1.82) is 0 Å². The molecule has 0 unspecified atom stereocenters. The average Bonchev–Trinajstić information content (AvgIpc) is 3.11. The number of amides is 1. The highest BCUT2D eigenvalue weighted by Crippen LogP contribution is 2.29. The Kier molecular flexibility index (Phi) is 3.60. The lowest BCUT2D eigenvalue weighted by molar-refractivity contribution is 0.0763. The molecule has 0 saturated heterocycles. The smallest absolute Gasteiger partial charge is 0.274 e. The number of rotatable bonds is 4. The normalized spacial score (nSPS) is 14.1. The van der Waals surface area contributed by atoms with Crippen molar-refractivity contribution in [3.63, 3.8) is 0 Å². The van der Waals surface area contributed by atoms with Crippen molar-refractivity contribution < 1.29 is 4.79 Å². The van der Waals surface area contributed by atoms with Crippen molar-refractivity contribution in [1.82, 2.24) is 14.9 Å². The molecular formula is C12H12ClN3O. The number of nitrogens with zero attached hydrogens (tertiary/aromatic N) is 3. The summed E-state index contributed by atoms with van der Waals surface area (Å²) in [6.45, 7) is 0.987. The summed E-state index contributed by atoms with van der Waals surface area (Å²) in [5, 5.41) is 0.211. The van der Waals surface area contributed by atoms with Gasteiger partial charge in [-0.15, -0.1) is 6.42 Å². The number of hydrogen-bond donors (Lipinski definition) is 0. The van der Waals surface area contributed by atoms with E-state index in [9.17, 15) is 4.79 Å². The fourth-order valence-corrected chi connectivity index (χ4v) is 1.70. The largest absolute Gasteiger partial charge is 0.326 e. The minimum atomic E-state index is -0.204. The van der Waals surface area contributed by atoms with E-state index in [1.54, 1.807) is 4.90 Å². The molecule has 1 aromatic heterocycles. The van der Waals surface area contributed by atoms with Gasteiger partial charge in [0.2, 0.25) is 0 Å². The second-order valence-electron chi connectivity index (χ2n) is 4.06. The molecule has 0 atom stereocenters. The predicted octanol–water partition coefficient (Wildman–Crippen LogP) is 1.62. The van der Waals surface area contributed by atoms with Gasteiger partial charge in [0.25, 0.3) is 5.91 Å². The number of aromatic nitrogens is 2. The van der Waals surface area contributed by atoms with Gasteiger partial charge < -0.3 is 4.90 Å². The van der Waals surface area contributed by atoms with Gasteiger partial charge in [-0.1, -0.05) is 17.5 Å². The molecule has 0 N–H and O–H groups in total. The van der Waals surface area contributed by atoms with E-state index in [0.717, 1.165) is 12.8 Å². The number of carbonyl (C=O) groups excluding carboxylic acids is 1. The van der Waals surface area contributed by atoms with Crippen LogP contribution in [0, 0.1) is 18.3 Å². The minimum absolute atomic E-state index is 0.204. The van der Waals surface area contributed by atoms with Gasteiger partial charge in [-0.25, -0.2) is 4.98 Å². The van der Waals surface area contributed by atoms with E-state index in [1.165, 1.54) is 12.4 Å². The van der Waals surface area contributed by atoms with Crippen LogP contribution < -0.4 is 0 Å². The van der Waals surface area contributed by atoms with Gasteiger partial charge in [0.1, 0.15) is 10.8 Å². The summed E-state index contributed by atoms with van der Waals surface area (Å²) in [6, 6.07) is 0. The van der Waals surface area contributed by atoms with Crippen molar-refractivity contribution in [2.45, 2.75) is 12.8 Å². The van der Waals surface area contributed by atoms with Crippen LogP contribution in [0.5, 0.6) is 0 Å². The SMILES string of the molecule is C#CCN(CC1CC1)C(=O)c1cncc(Cl)n1. The Balaban J connectivity index is 2.12. The predicted molar refractivity (Wildman–Crippen MR) is 64.5 cm³/mol. The molecule has 88 valence electrons. The number of halogens is 1. The zero-order chi connectivity index (χ0) is 12.3. The van der Waals surface area contributed by atoms with Crippen LogP contribution in [-0.2, 0) is 0 Å². The Morgan fingerprint density at radius 2 is 2.35 bits per heavy atom. The first-order valence-electron chi connectivity index (χ1n) is 5.41. The summed E-state index contributed by atoms with van der Waals surface area (Å²) in [5.41, 5.74) is 0.244. The summed E-state index contributed by atoms with van der Waals surface area (Å²) in [7, 11) is 0. The van der Waals surface area contributed by atoms with Crippen LogP contribution in [0.1, 0.15) is 23.3 Å². The monoisotopic (exact) mass is 249 g/mol. The first-order chi connectivity index (χ1) is 8.20. The molecule has 0 aromatic carbocycles. The quantitative estimate of drug-likeness (QED) is 0.762. The maximum atomic E-state index is 12.1. The van der Waals surface area contributed by atoms with Gasteiger partial charge in [0, 0.05) is 6.54 Å². The maximum Gasteiger partial charge on any atom is 0.274 e. The Morgan fingerprint density at radius 3 is 2.94 bits per heavy atom. The molecule has 17 heavy (non-hydrogen) atoms. The molecule has 1 heterocycles. The molecule has 1 fully saturated rings. The molecule has 1 aliphatic carbocycles. The highest BCUT2D eigenvalue weighted by molar-refractivity contribution is 6.29. The minimum Gasteiger partial charge on any atom is -0.326 e. The zero-order valence-corrected chi connectivity index (χ0v) is 10.0. The molecule has 1 aromatic rings. The van der Waals surface area contributed by atoms with Gasteiger partial charge >= 0.3 is 0 Å². The van der Waals surface area contributed by atoms with E-state index in [-0.39, 0.29) is 16.8 Å². The standard InChI is InChI=1S/C12H12ClN3O/c1-2-5-16(8-9-3-4-9)12(17)10-6-14-7-11(13)15-10/h1,6-7,9H,3-5,8H2. The second-order valence-corrected chi connectivity index (χ2v) is 4.45. The molecule has 1 aliphatic rings. The molecule has 4 nitrogen and oxygen atoms in total. The average molecular weight is 250 g/mol. The maximum absolute atomic E-state index is 12.1. The zero-order valence-electron chi connectivity index (χ0n) is 9.27. The third-order valence-corrected chi connectivity index (χ3v) is 2.75. The molecule has 0 radical (unpaired) electrons. The number of terminal acetylenes is 1. The second kappa shape index (κ2) is 5.15. The summed E-state index contributed by atoms with van der Waals surface area (Å²) >= 11 is 5.70. The van der Waals surface area contributed by atoms with Crippen molar-refractivity contribution >= 4 is 17.5 Å². The van der Waals surface area contributed by atoms with E-state index >= 15 is 0 Å². The van der Waals surface area contributed by atoms with Crippen LogP contribution in [0.4, 0.5) is 0 Å². The van der Waals surface area contributed by atoms with E-state index < -0.39 is 0 Å². The molecule has 0 bridgehead atoms. The Bertz CT molecular complexity index is 465. The van der Waals surface area contributed by atoms with Gasteiger partial charge in [0.15, 0.2) is 0 Å². The van der Waals surface area contributed by atoms with E-state index in [1.807, 2.05) is 0 Å². The van der Waals surface area contributed by atoms with E-state index in [2.05, 4.69) is 15.9 Å². The molecule has 1 saturated carbocycles. The molecule has 0 aliphatic heterocycles. The van der Waals surface area contributed by atoms with Crippen LogP contribution in [0.2, 0.25) is 5.15 Å². The van der Waals surface area contributed by atoms with E-state index in [0.29, 0.717) is 19.0 Å². The summed E-state index contributed by atoms with van der Waals surface area (Å²) < 4.78 is 0. The lowest BCUT2D eigenvalue weighted by Gasteiger charge is -2.19. The Morgan fingerprint density at radius 1 is 1.59 bits per heavy atom. The fourth-order valence-electron chi connectivity index (χ4n) is 1.55. The molecule has 1 amide bonds. The van der Waals surface area contributed by atoms with Crippen molar-refractivity contribution in [2.75, 3.05) is 13.1 Å². The molecule has 2 rings (SSSR count). The third kappa shape index (κ3) is 3.18. The van der Waals surface area contributed by atoms with Crippen molar-refractivity contribution in [3.05, 3.63) is 23.2 Å². The summed E-state index contributed by atoms with van der Waals surface area (Å²) in [4.78, 5) is 21.5. The Hall–Kier alpha value is -1.60. The van der Waals surface area contributed by atoms with Crippen LogP contribution in [-0.4, -0.2) is 33.9 Å². The molecule has 5 heteroatoms. The topological polar surface area (TPSA) is 46.1 Å². The van der Waals surface area contributed by atoms with Gasteiger partial charge in [0.05, 0.1) is 18.9 Å². The lowest BCUT2D eigenvalue weighted by Crippen LogP contribution is -2.34. The number of carbonyl (C=O) groups is 1. The van der Waals surface area contributed by atoms with Gasteiger partial charge in [-0.05, 0) is 18.8 Å². The summed E-state index contributed by atoms with van der Waals surface area (Å²) in [6.07, 6.45) is 10.4. The van der Waals surface area contributed by atoms with Gasteiger partial charge in [-0.3, -0.25) is 9.78 Å². The van der Waals surface area contributed by atoms with Crippen molar-refractivity contribution in [3.8, 4) is 12.3 Å². The first-order valence-corrected chi connectivity index (χ1v) is 5.79. The van der Waals surface area contributed by atoms with Gasteiger partial charge in [-0.2, -0.15) is 0 Å². The molecular weight excluding hydrogens is 238 g/mol. The lowest BCUT2D eigenvalue weighted by atomic mass is 10.3. The van der Waals surface area contributed by atoms with Crippen LogP contribution in [0.15, 0.2) is 12.4 Å². The summed E-state index contributed by atoms with van der Waals surface area (Å²) in [5.74, 6) is 2.87. The van der Waals surface area contributed by atoms with Crippen LogP contribution in [0.25, 0.3) is 0 Å². The van der Waals surface area contributed by atoms with Crippen molar-refractivity contribution in [2.24, 2.45) is 5.92 Å². The third-order valence-electron chi connectivity index (χ3n) is 2.57. The fraction of sp³-hybridized carbons (Fsp3) is 0.417. The van der Waals surface area contributed by atoms with Crippen LogP contribution >= 0.6 is 11.6 Å². The highest BCUT2D eigenvalue weighted by atomic mass is 35.5. The molecule has 0 spiro atoms.